The predicted octanol–water partition coefficient (Wildman–Crippen LogP) is 1.83. The van der Waals surface area contributed by atoms with Crippen molar-refractivity contribution >= 4 is 23.2 Å². The summed E-state index contributed by atoms with van der Waals surface area (Å²) in [7, 11) is 0. The molecule has 0 aliphatic rings. The maximum atomic E-state index is 5.38. The van der Waals surface area contributed by atoms with E-state index in [1.54, 1.807) is 6.92 Å². The highest BCUT2D eigenvalue weighted by Gasteiger charge is 1.90. The molecule has 1 atom stereocenters. The van der Waals surface area contributed by atoms with Gasteiger partial charge in [-0.15, -0.1) is 11.6 Å². The van der Waals surface area contributed by atoms with Gasteiger partial charge in [-0.25, -0.2) is 0 Å². The highest BCUT2D eigenvalue weighted by Crippen LogP contribution is 1.94. The first-order chi connectivity index (χ1) is 3.27. The average Bonchev–Trinajstić information content (AvgIpc) is 1.61. The van der Waals surface area contributed by atoms with Gasteiger partial charge in [0.1, 0.15) is 5.56 Å². The van der Waals surface area contributed by atoms with Gasteiger partial charge >= 0.3 is 0 Å². The molecule has 0 aromatic heterocycles. The van der Waals surface area contributed by atoms with Crippen LogP contribution in [0.25, 0.3) is 0 Å². The molecule has 0 fully saturated rings. The number of ether oxygens (including phenoxy) is 1. The number of rotatable bonds is 3. The summed E-state index contributed by atoms with van der Waals surface area (Å²) in [5.74, 6) is 0.511. The van der Waals surface area contributed by atoms with Crippen molar-refractivity contribution in [3.63, 3.8) is 0 Å². The first-order valence-electron chi connectivity index (χ1n) is 2.09. The summed E-state index contributed by atoms with van der Waals surface area (Å²) in [6.45, 7) is 2.29. The molecule has 7 heavy (non-hydrogen) atoms. The van der Waals surface area contributed by atoms with Gasteiger partial charge < -0.3 is 4.74 Å². The van der Waals surface area contributed by atoms with Crippen molar-refractivity contribution in [2.24, 2.45) is 0 Å². The first-order valence-corrected chi connectivity index (χ1v) is 3.06. The molecule has 0 amide bonds. The van der Waals surface area contributed by atoms with E-state index in [1.807, 2.05) is 0 Å². The number of hydrogen-bond donors (Lipinski definition) is 0. The van der Waals surface area contributed by atoms with Crippen molar-refractivity contribution in [1.82, 2.24) is 0 Å². The third-order valence-electron chi connectivity index (χ3n) is 0.425. The maximum Gasteiger partial charge on any atom is 0.128 e. The van der Waals surface area contributed by atoms with Crippen LogP contribution in [0.1, 0.15) is 6.92 Å². The molecule has 0 aliphatic heterocycles. The molecule has 1 nitrogen and oxygen atoms in total. The van der Waals surface area contributed by atoms with E-state index >= 15 is 0 Å². The quantitative estimate of drug-likeness (QED) is 0.547. The Morgan fingerprint density at radius 1 is 1.71 bits per heavy atom. The van der Waals surface area contributed by atoms with E-state index in [2.05, 4.69) is 0 Å². The van der Waals surface area contributed by atoms with E-state index in [9.17, 15) is 0 Å². The maximum absolute atomic E-state index is 5.38. The third kappa shape index (κ3) is 6.54. The van der Waals surface area contributed by atoms with Gasteiger partial charge in [0.2, 0.25) is 0 Å². The zero-order valence-electron chi connectivity index (χ0n) is 4.16. The largest absolute Gasteiger partial charge is 0.362 e. The lowest BCUT2D eigenvalue weighted by atomic mass is 10.8. The molecular weight excluding hydrogens is 135 g/mol. The van der Waals surface area contributed by atoms with E-state index in [0.717, 1.165) is 0 Å². The lowest BCUT2D eigenvalue weighted by Gasteiger charge is -1.99. The molecule has 0 radical (unpaired) electrons. The minimum atomic E-state index is -0.209. The monoisotopic (exact) mass is 142 g/mol. The van der Waals surface area contributed by atoms with Crippen LogP contribution in [-0.2, 0) is 4.74 Å². The van der Waals surface area contributed by atoms with E-state index in [1.165, 1.54) is 0 Å². The Bertz CT molecular complexity index is 38.7. The summed E-state index contributed by atoms with van der Waals surface area (Å²) in [6.07, 6.45) is 0. The molecule has 0 aromatic carbocycles. The number of halogens is 2. The predicted molar refractivity (Wildman–Crippen MR) is 32.0 cm³/mol. The lowest BCUT2D eigenvalue weighted by Crippen LogP contribution is -2.01. The second kappa shape index (κ2) is 4.69. The van der Waals surface area contributed by atoms with Crippen LogP contribution < -0.4 is 0 Å². The van der Waals surface area contributed by atoms with Gasteiger partial charge in [0.25, 0.3) is 0 Å². The summed E-state index contributed by atoms with van der Waals surface area (Å²) in [6, 6.07) is 0. The van der Waals surface area contributed by atoms with Gasteiger partial charge in [-0.2, -0.15) is 0 Å². The van der Waals surface area contributed by atoms with Crippen LogP contribution in [0.4, 0.5) is 0 Å². The molecular formula is C4H8Cl2O. The van der Waals surface area contributed by atoms with Crippen molar-refractivity contribution in [2.45, 2.75) is 12.5 Å². The van der Waals surface area contributed by atoms with Gasteiger partial charge in [-0.1, -0.05) is 11.6 Å². The minimum Gasteiger partial charge on any atom is -0.362 e. The minimum absolute atomic E-state index is 0.209. The van der Waals surface area contributed by atoms with Crippen LogP contribution in [0.15, 0.2) is 0 Å². The average molecular weight is 143 g/mol. The van der Waals surface area contributed by atoms with Crippen molar-refractivity contribution in [1.29, 1.82) is 0 Å². The normalized spacial score (nSPS) is 14.1. The molecule has 44 valence electrons. The second-order valence-electron chi connectivity index (χ2n) is 1.10. The van der Waals surface area contributed by atoms with Crippen molar-refractivity contribution < 1.29 is 4.74 Å². The van der Waals surface area contributed by atoms with Gasteiger partial charge in [0, 0.05) is 5.88 Å². The molecule has 3 heteroatoms. The van der Waals surface area contributed by atoms with E-state index in [-0.39, 0.29) is 5.56 Å². The molecule has 0 aromatic rings. The highest BCUT2D eigenvalue weighted by molar-refractivity contribution is 6.19. The van der Waals surface area contributed by atoms with Crippen LogP contribution in [-0.4, -0.2) is 18.1 Å². The van der Waals surface area contributed by atoms with Crippen LogP contribution in [0.2, 0.25) is 0 Å². The molecule has 0 N–H and O–H groups in total. The van der Waals surface area contributed by atoms with E-state index in [4.69, 9.17) is 27.9 Å². The first kappa shape index (κ1) is 7.54. The zero-order valence-corrected chi connectivity index (χ0v) is 5.67. The Kier molecular flexibility index (Phi) is 5.05. The zero-order chi connectivity index (χ0) is 5.70. The summed E-state index contributed by atoms with van der Waals surface area (Å²) < 4.78 is 4.82. The van der Waals surface area contributed by atoms with Gasteiger partial charge in [-0.05, 0) is 6.92 Å². The van der Waals surface area contributed by atoms with Gasteiger partial charge in [0.15, 0.2) is 0 Å². The smallest absolute Gasteiger partial charge is 0.128 e. The van der Waals surface area contributed by atoms with E-state index < -0.39 is 0 Å². The Morgan fingerprint density at radius 2 is 2.29 bits per heavy atom. The van der Waals surface area contributed by atoms with Gasteiger partial charge in [-0.3, -0.25) is 0 Å². The fourth-order valence-corrected chi connectivity index (χ4v) is 0.385. The Balaban J connectivity index is 2.68. The lowest BCUT2D eigenvalue weighted by molar-refractivity contribution is 0.134. The second-order valence-corrected chi connectivity index (χ2v) is 2.10. The summed E-state index contributed by atoms with van der Waals surface area (Å²) >= 11 is 10.6. The molecule has 0 saturated carbocycles. The van der Waals surface area contributed by atoms with Crippen LogP contribution in [0.5, 0.6) is 0 Å². The fourth-order valence-electron chi connectivity index (χ4n) is 0.207. The SMILES string of the molecule is CC(Cl)OCCCl. The molecule has 0 aliphatic carbocycles. The summed E-state index contributed by atoms with van der Waals surface area (Å²) in [4.78, 5) is 0. The molecule has 0 bridgehead atoms. The Labute approximate surface area is 53.6 Å². The summed E-state index contributed by atoms with van der Waals surface area (Å²) in [5.41, 5.74) is -0.209. The molecule has 0 saturated heterocycles. The van der Waals surface area contributed by atoms with Crippen LogP contribution in [0.3, 0.4) is 0 Å². The van der Waals surface area contributed by atoms with Gasteiger partial charge in [0.05, 0.1) is 6.61 Å². The van der Waals surface area contributed by atoms with Crippen LogP contribution >= 0.6 is 23.2 Å². The Morgan fingerprint density at radius 3 is 2.43 bits per heavy atom. The topological polar surface area (TPSA) is 9.23 Å². The third-order valence-corrected chi connectivity index (χ3v) is 0.705. The van der Waals surface area contributed by atoms with Crippen molar-refractivity contribution in [3.8, 4) is 0 Å². The fraction of sp³-hybridized carbons (Fsp3) is 1.00. The van der Waals surface area contributed by atoms with Crippen molar-refractivity contribution in [2.75, 3.05) is 12.5 Å². The molecule has 0 heterocycles. The Hall–Kier alpha value is 0.540. The van der Waals surface area contributed by atoms with Crippen LogP contribution in [0, 0.1) is 0 Å². The molecule has 0 spiro atoms. The van der Waals surface area contributed by atoms with E-state index in [0.29, 0.717) is 12.5 Å². The molecule has 0 rings (SSSR count). The number of hydrogen-bond acceptors (Lipinski definition) is 1. The number of alkyl halides is 2. The highest BCUT2D eigenvalue weighted by atomic mass is 35.5. The van der Waals surface area contributed by atoms with Crippen molar-refractivity contribution in [3.05, 3.63) is 0 Å². The summed E-state index contributed by atoms with van der Waals surface area (Å²) in [5, 5.41) is 0. The standard InChI is InChI=1S/C4H8Cl2O/c1-4(6)7-3-2-5/h4H,2-3H2,1H3. The molecule has 1 unspecified atom stereocenters.